The van der Waals surface area contributed by atoms with Crippen LogP contribution in [-0.4, -0.2) is 19.1 Å². The zero-order valence-electron chi connectivity index (χ0n) is 37.3. The van der Waals surface area contributed by atoms with E-state index in [0.29, 0.717) is 5.82 Å². The lowest BCUT2D eigenvalue weighted by Gasteiger charge is -2.21. The molecule has 0 aliphatic rings. The number of aromatic nitrogens is 4. The third-order valence-corrected chi connectivity index (χ3v) is 12.9. The summed E-state index contributed by atoms with van der Waals surface area (Å²) in [6.45, 7) is 13.7. The molecule has 310 valence electrons. The first-order chi connectivity index (χ1) is 31.0. The zero-order valence-corrected chi connectivity index (χ0v) is 37.3. The predicted molar refractivity (Wildman–Crippen MR) is 270 cm³/mol. The Bertz CT molecular complexity index is 3500. The van der Waals surface area contributed by atoms with E-state index >= 15 is 0 Å². The number of rotatable bonds is 6. The van der Waals surface area contributed by atoms with Gasteiger partial charge in [0.2, 0.25) is 0 Å². The molecule has 0 aliphatic carbocycles. The molecule has 0 fully saturated rings. The third kappa shape index (κ3) is 6.69. The molecule has 0 radical (unpaired) electrons. The zero-order chi connectivity index (χ0) is 43.7. The van der Waals surface area contributed by atoms with Crippen LogP contribution in [0.2, 0.25) is 0 Å². The molecule has 4 nitrogen and oxygen atoms in total. The maximum absolute atomic E-state index is 5.31. The van der Waals surface area contributed by atoms with Crippen molar-refractivity contribution in [2.24, 2.45) is 0 Å². The normalized spacial score (nSPS) is 12.2. The summed E-state index contributed by atoms with van der Waals surface area (Å²) in [4.78, 5) is 10.6. The Morgan fingerprint density at radius 1 is 0.328 bits per heavy atom. The van der Waals surface area contributed by atoms with Crippen molar-refractivity contribution in [2.75, 3.05) is 0 Å². The third-order valence-electron chi connectivity index (χ3n) is 12.9. The van der Waals surface area contributed by atoms with Crippen molar-refractivity contribution in [1.82, 2.24) is 19.1 Å². The van der Waals surface area contributed by atoms with Crippen LogP contribution in [0.4, 0.5) is 0 Å². The summed E-state index contributed by atoms with van der Waals surface area (Å²) in [5.74, 6) is 0.675. The first kappa shape index (κ1) is 39.3. The molecule has 0 saturated carbocycles. The highest BCUT2D eigenvalue weighted by Crippen LogP contribution is 2.43. The van der Waals surface area contributed by atoms with Gasteiger partial charge in [-0.25, -0.2) is 9.97 Å². The summed E-state index contributed by atoms with van der Waals surface area (Å²) in [6.07, 6.45) is 0. The number of benzene rings is 8. The van der Waals surface area contributed by atoms with Gasteiger partial charge in [-0.05, 0) is 76.6 Å². The van der Waals surface area contributed by atoms with E-state index < -0.39 is 0 Å². The molecule has 0 atom stereocenters. The summed E-state index contributed by atoms with van der Waals surface area (Å²) in [5, 5.41) is 4.96. The van der Waals surface area contributed by atoms with Crippen molar-refractivity contribution >= 4 is 43.6 Å². The first-order valence-electron chi connectivity index (χ1n) is 22.3. The minimum Gasteiger partial charge on any atom is -0.309 e. The van der Waals surface area contributed by atoms with Gasteiger partial charge >= 0.3 is 0 Å². The lowest BCUT2D eigenvalue weighted by molar-refractivity contribution is 0.591. The molecule has 0 bridgehead atoms. The molecule has 0 unspecified atom stereocenters. The fourth-order valence-corrected chi connectivity index (χ4v) is 9.47. The quantitative estimate of drug-likeness (QED) is 0.167. The summed E-state index contributed by atoms with van der Waals surface area (Å²) in [7, 11) is 0. The number of para-hydroxylation sites is 3. The fraction of sp³-hybridized carbons (Fsp3) is 0.133. The molecule has 8 aromatic carbocycles. The highest BCUT2D eigenvalue weighted by molar-refractivity contribution is 6.12. The molecule has 11 aromatic rings. The van der Waals surface area contributed by atoms with E-state index in [9.17, 15) is 0 Å². The van der Waals surface area contributed by atoms with Crippen LogP contribution < -0.4 is 0 Å². The van der Waals surface area contributed by atoms with Crippen LogP contribution in [0, 0.1) is 0 Å². The van der Waals surface area contributed by atoms with E-state index in [2.05, 4.69) is 233 Å². The van der Waals surface area contributed by atoms with Gasteiger partial charge in [0.05, 0.1) is 44.8 Å². The summed E-state index contributed by atoms with van der Waals surface area (Å²) in [6, 6.07) is 70.4. The van der Waals surface area contributed by atoms with Gasteiger partial charge in [0.1, 0.15) is 0 Å². The monoisotopic (exact) mass is 826 g/mol. The second-order valence-corrected chi connectivity index (χ2v) is 19.1. The molecular weight excluding hydrogens is 777 g/mol. The van der Waals surface area contributed by atoms with Crippen LogP contribution in [-0.2, 0) is 10.8 Å². The average molecular weight is 827 g/mol. The molecule has 3 aromatic heterocycles. The number of nitrogens with zero attached hydrogens (tertiary/aromatic N) is 4. The topological polar surface area (TPSA) is 35.6 Å². The minimum atomic E-state index is -0.00502. The Kier molecular flexibility index (Phi) is 9.25. The summed E-state index contributed by atoms with van der Waals surface area (Å²) >= 11 is 0. The van der Waals surface area contributed by atoms with Crippen molar-refractivity contribution in [1.29, 1.82) is 0 Å². The Balaban J connectivity index is 1.21. The maximum atomic E-state index is 5.31. The van der Waals surface area contributed by atoms with Crippen molar-refractivity contribution in [3.63, 3.8) is 0 Å². The van der Waals surface area contributed by atoms with Crippen molar-refractivity contribution < 1.29 is 0 Å². The van der Waals surface area contributed by atoms with E-state index in [0.717, 1.165) is 61.6 Å². The second kappa shape index (κ2) is 15.1. The molecule has 0 saturated heterocycles. The SMILES string of the molecule is CC(C)(C)c1ccc2c(c1)c1ccccc1n2-c1ccccc1-c1ccc(-c2nc(-c3ccccc3)cc(-c3ccccc3)n2)cc1-n1c2ccccc2c2cc(C(C)(C)C)ccc21. The molecule has 0 amide bonds. The van der Waals surface area contributed by atoms with Crippen LogP contribution in [0.3, 0.4) is 0 Å². The standard InChI is InChI=1S/C60H50N4/c1-59(2,3)42-30-33-55-48(36-42)45-24-14-17-27-53(45)63(55)52-26-16-13-23-44(52)47-32-29-41(58-61-50(39-19-9-7-10-20-39)38-51(62-58)40-21-11-8-12-22-40)35-57(47)64-54-28-18-15-25-46(54)49-37-43(60(4,5)6)31-34-56(49)64/h7-38H,1-6H3. The smallest absolute Gasteiger partial charge is 0.160 e. The Morgan fingerprint density at radius 3 is 1.30 bits per heavy atom. The number of fused-ring (bicyclic) bond motifs is 6. The largest absolute Gasteiger partial charge is 0.309 e. The van der Waals surface area contributed by atoms with Crippen LogP contribution >= 0.6 is 0 Å². The molecule has 0 N–H and O–H groups in total. The van der Waals surface area contributed by atoms with Crippen molar-refractivity contribution in [2.45, 2.75) is 52.4 Å². The molecule has 0 aliphatic heterocycles. The van der Waals surface area contributed by atoms with E-state index in [-0.39, 0.29) is 10.8 Å². The number of hydrogen-bond acceptors (Lipinski definition) is 2. The van der Waals surface area contributed by atoms with Crippen LogP contribution in [0.1, 0.15) is 52.7 Å². The highest BCUT2D eigenvalue weighted by atomic mass is 15.0. The van der Waals surface area contributed by atoms with Gasteiger partial charge in [0, 0.05) is 49.4 Å². The number of hydrogen-bond donors (Lipinski definition) is 0. The van der Waals surface area contributed by atoms with Gasteiger partial charge in [-0.15, -0.1) is 0 Å². The van der Waals surface area contributed by atoms with Gasteiger partial charge < -0.3 is 9.13 Å². The summed E-state index contributed by atoms with van der Waals surface area (Å²) in [5.41, 5.74) is 16.5. The molecule has 0 spiro atoms. The van der Waals surface area contributed by atoms with Crippen molar-refractivity contribution in [3.8, 4) is 56.4 Å². The predicted octanol–water partition coefficient (Wildman–Crippen LogP) is 15.9. The van der Waals surface area contributed by atoms with Gasteiger partial charge in [-0.2, -0.15) is 0 Å². The van der Waals surface area contributed by atoms with Crippen LogP contribution in [0.5, 0.6) is 0 Å². The van der Waals surface area contributed by atoms with Gasteiger partial charge in [-0.1, -0.05) is 181 Å². The van der Waals surface area contributed by atoms with E-state index in [1.54, 1.807) is 0 Å². The lowest BCUT2D eigenvalue weighted by Crippen LogP contribution is -2.10. The maximum Gasteiger partial charge on any atom is 0.160 e. The van der Waals surface area contributed by atoms with E-state index in [1.807, 2.05) is 12.1 Å². The van der Waals surface area contributed by atoms with Gasteiger partial charge in [0.15, 0.2) is 5.82 Å². The minimum absolute atomic E-state index is 0.00502. The second-order valence-electron chi connectivity index (χ2n) is 19.1. The highest BCUT2D eigenvalue weighted by Gasteiger charge is 2.24. The van der Waals surface area contributed by atoms with Crippen LogP contribution in [0.15, 0.2) is 194 Å². The lowest BCUT2D eigenvalue weighted by atomic mass is 9.86. The van der Waals surface area contributed by atoms with Gasteiger partial charge in [0.25, 0.3) is 0 Å². The van der Waals surface area contributed by atoms with Crippen molar-refractivity contribution in [3.05, 3.63) is 205 Å². The van der Waals surface area contributed by atoms with Crippen LogP contribution in [0.25, 0.3) is 100 Å². The Hall–Kier alpha value is -7.56. The fourth-order valence-electron chi connectivity index (χ4n) is 9.47. The molecule has 3 heterocycles. The Morgan fingerprint density at radius 2 is 0.766 bits per heavy atom. The molecular formula is C60H50N4. The first-order valence-corrected chi connectivity index (χ1v) is 22.3. The average Bonchev–Trinajstić information content (AvgIpc) is 3.83. The van der Waals surface area contributed by atoms with E-state index in [4.69, 9.17) is 9.97 Å². The summed E-state index contributed by atoms with van der Waals surface area (Å²) < 4.78 is 4.93. The Labute approximate surface area is 375 Å². The van der Waals surface area contributed by atoms with Gasteiger partial charge in [-0.3, -0.25) is 0 Å². The molecule has 11 rings (SSSR count). The molecule has 64 heavy (non-hydrogen) atoms. The molecule has 4 heteroatoms. The van der Waals surface area contributed by atoms with E-state index in [1.165, 1.54) is 43.7 Å².